The van der Waals surface area contributed by atoms with Crippen LogP contribution in [0.1, 0.15) is 78.0 Å². The van der Waals surface area contributed by atoms with E-state index < -0.39 is 5.41 Å². The molecule has 1 heterocycles. The van der Waals surface area contributed by atoms with Crippen LogP contribution in [0.3, 0.4) is 0 Å². The molecule has 0 aliphatic carbocycles. The Bertz CT molecular complexity index is 1240. The molecule has 0 bridgehead atoms. The van der Waals surface area contributed by atoms with Crippen molar-refractivity contribution in [1.82, 2.24) is 4.98 Å². The molecule has 1 N–H and O–H groups in total. The van der Waals surface area contributed by atoms with Crippen LogP contribution in [0.2, 0.25) is 0 Å². The van der Waals surface area contributed by atoms with E-state index in [0.717, 1.165) is 33.5 Å². The third kappa shape index (κ3) is 9.09. The van der Waals surface area contributed by atoms with Gasteiger partial charge in [-0.2, -0.15) is 0 Å². The zero-order valence-electron chi connectivity index (χ0n) is 24.2. The van der Waals surface area contributed by atoms with E-state index in [1.54, 1.807) is 7.11 Å². The van der Waals surface area contributed by atoms with Crippen molar-refractivity contribution < 1.29 is 34.7 Å². The summed E-state index contributed by atoms with van der Waals surface area (Å²) in [5, 5.41) is 10.7. The number of pyridine rings is 1. The molecule has 0 unspecified atom stereocenters. The maximum Gasteiger partial charge on any atom is 0.164 e. The molecule has 0 aliphatic rings. The van der Waals surface area contributed by atoms with E-state index in [0.29, 0.717) is 5.92 Å². The molecule has 0 spiro atoms. The van der Waals surface area contributed by atoms with Gasteiger partial charge in [0.1, 0.15) is 11.5 Å². The van der Waals surface area contributed by atoms with Gasteiger partial charge in [0.05, 0.1) is 12.6 Å². The molecule has 0 amide bonds. The first-order valence-corrected chi connectivity index (χ1v) is 12.5. The van der Waals surface area contributed by atoms with Crippen molar-refractivity contribution in [3.05, 3.63) is 71.0 Å². The summed E-state index contributed by atoms with van der Waals surface area (Å²) in [6.45, 7) is 19.7. The molecule has 3 aromatic rings. The van der Waals surface area contributed by atoms with E-state index in [2.05, 4.69) is 52.0 Å². The summed E-state index contributed by atoms with van der Waals surface area (Å²) in [6.07, 6.45) is 1.33. The van der Waals surface area contributed by atoms with E-state index in [4.69, 9.17) is 9.72 Å². The van der Waals surface area contributed by atoms with Crippen LogP contribution in [-0.2, 0) is 24.9 Å². The van der Waals surface area contributed by atoms with E-state index in [1.165, 1.54) is 17.2 Å². The van der Waals surface area contributed by atoms with Gasteiger partial charge in [-0.05, 0) is 29.8 Å². The standard InChI is InChI=1S/C21H22NO.C11H20O2.Ir/c1-13(2)19-12-16-11-18(23-5)6-7-20(16)22-21(19)17-9-14(3)8-15(4)10-17;1-10(2,3)8(12)7-9(13)11(4,5)6;/h6-9,11-13H,1-5H3;7,12H,1-6H3;/q-1;;/b;8-7-;. The first-order valence-electron chi connectivity index (χ1n) is 12.5. The fourth-order valence-corrected chi connectivity index (χ4v) is 3.53. The Morgan fingerprint density at radius 1 is 1.00 bits per heavy atom. The number of aromatic nitrogens is 1. The zero-order chi connectivity index (χ0) is 27.4. The molecule has 3 rings (SSSR count). The van der Waals surface area contributed by atoms with Crippen molar-refractivity contribution in [3.8, 4) is 17.0 Å². The minimum atomic E-state index is -0.417. The number of nitrogens with zero attached hydrogens (tertiary/aromatic N) is 1. The van der Waals surface area contributed by atoms with Crippen molar-refractivity contribution in [2.45, 2.75) is 75.2 Å². The topological polar surface area (TPSA) is 59.4 Å². The van der Waals surface area contributed by atoms with Crippen LogP contribution in [0.4, 0.5) is 0 Å². The number of aliphatic hydroxyl groups is 1. The molecule has 37 heavy (non-hydrogen) atoms. The second-order valence-corrected chi connectivity index (χ2v) is 11.8. The molecular weight excluding hydrogens is 639 g/mol. The summed E-state index contributed by atoms with van der Waals surface area (Å²) in [4.78, 5) is 16.4. The third-order valence-corrected chi connectivity index (χ3v) is 5.85. The molecule has 4 nitrogen and oxygen atoms in total. The molecule has 5 heteroatoms. The number of hydrogen-bond donors (Lipinski definition) is 1. The number of rotatable bonds is 4. The van der Waals surface area contributed by atoms with Gasteiger partial charge < -0.3 is 9.84 Å². The van der Waals surface area contributed by atoms with Gasteiger partial charge in [0.25, 0.3) is 0 Å². The monoisotopic (exact) mass is 681 g/mol. The molecule has 0 saturated carbocycles. The molecule has 1 radical (unpaired) electrons. The summed E-state index contributed by atoms with van der Waals surface area (Å²) in [5.74, 6) is 1.36. The maximum absolute atomic E-state index is 11.5. The van der Waals surface area contributed by atoms with Gasteiger partial charge in [-0.3, -0.25) is 9.78 Å². The Kier molecular flexibility index (Phi) is 11.3. The quantitative estimate of drug-likeness (QED) is 0.171. The molecule has 0 aliphatic heterocycles. The van der Waals surface area contributed by atoms with Crippen LogP contribution in [-0.4, -0.2) is 23.0 Å². The van der Waals surface area contributed by atoms with Gasteiger partial charge >= 0.3 is 0 Å². The average Bonchev–Trinajstić information content (AvgIpc) is 2.76. The number of hydrogen-bond acceptors (Lipinski definition) is 4. The minimum Gasteiger partial charge on any atom is -0.512 e. The predicted molar refractivity (Wildman–Crippen MR) is 151 cm³/mol. The van der Waals surface area contributed by atoms with Gasteiger partial charge in [-0.15, -0.1) is 34.9 Å². The smallest absolute Gasteiger partial charge is 0.164 e. The van der Waals surface area contributed by atoms with Crippen LogP contribution in [0, 0.1) is 30.7 Å². The molecule has 0 fully saturated rings. The molecule has 2 aromatic carbocycles. The first-order chi connectivity index (χ1) is 16.5. The zero-order valence-corrected chi connectivity index (χ0v) is 26.6. The summed E-state index contributed by atoms with van der Waals surface area (Å²) in [6, 6.07) is 16.0. The number of aliphatic hydroxyl groups excluding tert-OH is 1. The van der Waals surface area contributed by atoms with E-state index in [1.807, 2.05) is 59.7 Å². The Balaban J connectivity index is 0.000000423. The third-order valence-electron chi connectivity index (χ3n) is 5.85. The Morgan fingerprint density at radius 2 is 1.62 bits per heavy atom. The minimum absolute atomic E-state index is 0. The number of methoxy groups -OCH3 is 1. The van der Waals surface area contributed by atoms with Crippen LogP contribution >= 0.6 is 0 Å². The van der Waals surface area contributed by atoms with Crippen LogP contribution in [0.15, 0.2) is 48.2 Å². The Hall–Kier alpha value is -2.49. The van der Waals surface area contributed by atoms with Crippen molar-refractivity contribution in [3.63, 3.8) is 0 Å². The molecule has 0 atom stereocenters. The van der Waals surface area contributed by atoms with Gasteiger partial charge in [0.15, 0.2) is 5.78 Å². The summed E-state index contributed by atoms with van der Waals surface area (Å²) >= 11 is 0. The van der Waals surface area contributed by atoms with Crippen molar-refractivity contribution in [1.29, 1.82) is 0 Å². The normalized spacial score (nSPS) is 12.1. The SMILES string of the molecule is CC(C)(C)C(=O)/C=C(\O)C(C)(C)C.COc1ccc2nc(-c3[c-]c(C)cc(C)c3)c(C(C)C)cc2c1.[Ir]. The van der Waals surface area contributed by atoms with Crippen molar-refractivity contribution in [2.75, 3.05) is 7.11 Å². The van der Waals surface area contributed by atoms with E-state index in [-0.39, 0.29) is 37.1 Å². The number of carbonyl (C=O) groups excluding carboxylic acids is 1. The largest absolute Gasteiger partial charge is 0.512 e. The molecule has 1 aromatic heterocycles. The number of benzene rings is 2. The number of carbonyl (C=O) groups is 1. The van der Waals surface area contributed by atoms with Crippen molar-refractivity contribution in [2.24, 2.45) is 10.8 Å². The van der Waals surface area contributed by atoms with Crippen molar-refractivity contribution >= 4 is 16.7 Å². The molecule has 203 valence electrons. The van der Waals surface area contributed by atoms with Gasteiger partial charge in [0, 0.05) is 42.4 Å². The number of ketones is 1. The number of allylic oxidation sites excluding steroid dienone is 2. The summed E-state index contributed by atoms with van der Waals surface area (Å²) < 4.78 is 5.34. The fourth-order valence-electron chi connectivity index (χ4n) is 3.53. The van der Waals surface area contributed by atoms with Gasteiger partial charge in [-0.25, -0.2) is 0 Å². The molecule has 0 saturated heterocycles. The number of aryl methyl sites for hydroxylation is 2. The van der Waals surface area contributed by atoms with Gasteiger partial charge in [0.2, 0.25) is 0 Å². The van der Waals surface area contributed by atoms with E-state index >= 15 is 0 Å². The second kappa shape index (κ2) is 12.8. The van der Waals surface area contributed by atoms with E-state index in [9.17, 15) is 9.90 Å². The maximum atomic E-state index is 11.5. The average molecular weight is 681 g/mol. The number of ether oxygens (including phenoxy) is 1. The van der Waals surface area contributed by atoms with Crippen LogP contribution < -0.4 is 4.74 Å². The Morgan fingerprint density at radius 3 is 2.11 bits per heavy atom. The Labute approximate surface area is 236 Å². The molecular formula is C32H42IrNO3-. The van der Waals surface area contributed by atoms with Gasteiger partial charge in [-0.1, -0.05) is 80.9 Å². The second-order valence-electron chi connectivity index (χ2n) is 11.8. The first kappa shape index (κ1) is 32.5. The summed E-state index contributed by atoms with van der Waals surface area (Å²) in [5.41, 5.74) is 5.95. The van der Waals surface area contributed by atoms with Crippen LogP contribution in [0.25, 0.3) is 22.2 Å². The predicted octanol–water partition coefficient (Wildman–Crippen LogP) is 8.54. The number of fused-ring (bicyclic) bond motifs is 1. The fraction of sp³-hybridized carbons (Fsp3) is 0.438. The van der Waals surface area contributed by atoms with Crippen LogP contribution in [0.5, 0.6) is 5.75 Å². The summed E-state index contributed by atoms with van der Waals surface area (Å²) in [7, 11) is 1.69.